The summed E-state index contributed by atoms with van der Waals surface area (Å²) in [5.74, 6) is 0.391. The van der Waals surface area contributed by atoms with Gasteiger partial charge in [-0.25, -0.2) is 4.79 Å². The van der Waals surface area contributed by atoms with Gasteiger partial charge in [0.1, 0.15) is 0 Å². The van der Waals surface area contributed by atoms with E-state index in [1.807, 2.05) is 25.6 Å². The number of carbonyl (C=O) groups excluding carboxylic acids is 1. The number of amides is 2. The number of urea groups is 1. The number of nitrogens with one attached hydrogen (secondary N) is 2. The molecule has 1 aliphatic carbocycles. The number of hydrogen-bond donors (Lipinski definition) is 3. The zero-order chi connectivity index (χ0) is 17.0. The molecule has 130 valence electrons. The Morgan fingerprint density at radius 3 is 2.78 bits per heavy atom. The molecule has 3 atom stereocenters. The van der Waals surface area contributed by atoms with Gasteiger partial charge in [-0.15, -0.1) is 0 Å². The molecule has 0 aliphatic heterocycles. The van der Waals surface area contributed by atoms with Gasteiger partial charge in [0, 0.05) is 25.3 Å². The van der Waals surface area contributed by atoms with E-state index in [0.29, 0.717) is 12.5 Å². The van der Waals surface area contributed by atoms with Crippen LogP contribution in [0.3, 0.4) is 0 Å². The first-order valence-corrected chi connectivity index (χ1v) is 8.58. The fourth-order valence-electron chi connectivity index (χ4n) is 3.43. The summed E-state index contributed by atoms with van der Waals surface area (Å²) in [5.41, 5.74) is 3.37. The van der Waals surface area contributed by atoms with E-state index >= 15 is 0 Å². The zero-order valence-electron chi connectivity index (χ0n) is 14.7. The van der Waals surface area contributed by atoms with E-state index in [1.165, 1.54) is 5.56 Å². The first kappa shape index (κ1) is 17.8. The second-order valence-electron chi connectivity index (χ2n) is 6.92. The van der Waals surface area contributed by atoms with Gasteiger partial charge in [0.05, 0.1) is 11.8 Å². The molecule has 1 aromatic rings. The van der Waals surface area contributed by atoms with Crippen LogP contribution in [0.1, 0.15) is 49.6 Å². The van der Waals surface area contributed by atoms with Crippen molar-refractivity contribution in [2.45, 2.75) is 65.0 Å². The van der Waals surface area contributed by atoms with Crippen LogP contribution in [0.25, 0.3) is 0 Å². The minimum absolute atomic E-state index is 0.0496. The summed E-state index contributed by atoms with van der Waals surface area (Å²) in [6.45, 7) is 6.70. The van der Waals surface area contributed by atoms with E-state index in [0.717, 1.165) is 43.5 Å². The number of nitrogens with zero attached hydrogens (tertiary/aromatic N) is 2. The van der Waals surface area contributed by atoms with Crippen molar-refractivity contribution in [3.63, 3.8) is 0 Å². The average molecular weight is 322 g/mol. The van der Waals surface area contributed by atoms with Gasteiger partial charge < -0.3 is 15.7 Å². The van der Waals surface area contributed by atoms with Crippen LogP contribution in [0, 0.1) is 19.8 Å². The molecule has 3 unspecified atom stereocenters. The summed E-state index contributed by atoms with van der Waals surface area (Å²) in [6.07, 6.45) is 4.40. The molecule has 0 saturated heterocycles. The van der Waals surface area contributed by atoms with Crippen LogP contribution in [-0.4, -0.2) is 39.6 Å². The van der Waals surface area contributed by atoms with Crippen molar-refractivity contribution in [2.75, 3.05) is 6.54 Å². The van der Waals surface area contributed by atoms with Crippen molar-refractivity contribution in [2.24, 2.45) is 13.0 Å². The van der Waals surface area contributed by atoms with Gasteiger partial charge in [-0.3, -0.25) is 4.68 Å². The fraction of sp³-hybridized carbons (Fsp3) is 0.765. The van der Waals surface area contributed by atoms with Crippen LogP contribution in [0.2, 0.25) is 0 Å². The Balaban J connectivity index is 1.76. The molecule has 3 N–H and O–H groups in total. The predicted molar refractivity (Wildman–Crippen MR) is 90.3 cm³/mol. The van der Waals surface area contributed by atoms with Gasteiger partial charge >= 0.3 is 6.03 Å². The van der Waals surface area contributed by atoms with E-state index in [2.05, 4.69) is 22.7 Å². The maximum atomic E-state index is 12.0. The van der Waals surface area contributed by atoms with Crippen molar-refractivity contribution in [1.82, 2.24) is 20.4 Å². The number of aliphatic hydroxyl groups excluding tert-OH is 1. The summed E-state index contributed by atoms with van der Waals surface area (Å²) >= 11 is 0. The van der Waals surface area contributed by atoms with Crippen LogP contribution >= 0.6 is 0 Å². The Bertz CT molecular complexity index is 541. The predicted octanol–water partition coefficient (Wildman–Crippen LogP) is 1.82. The van der Waals surface area contributed by atoms with Crippen LogP contribution in [0.4, 0.5) is 4.79 Å². The lowest BCUT2D eigenvalue weighted by molar-refractivity contribution is 0.101. The Labute approximate surface area is 138 Å². The van der Waals surface area contributed by atoms with Gasteiger partial charge in [0.2, 0.25) is 0 Å². The highest BCUT2D eigenvalue weighted by Gasteiger charge is 2.21. The lowest BCUT2D eigenvalue weighted by atomic mass is 9.87. The normalized spacial score (nSPS) is 22.7. The highest BCUT2D eigenvalue weighted by Crippen LogP contribution is 2.23. The van der Waals surface area contributed by atoms with Gasteiger partial charge in [-0.1, -0.05) is 6.42 Å². The molecule has 1 aromatic heterocycles. The van der Waals surface area contributed by atoms with E-state index in [1.54, 1.807) is 0 Å². The topological polar surface area (TPSA) is 79.2 Å². The van der Waals surface area contributed by atoms with Crippen LogP contribution < -0.4 is 10.6 Å². The Hall–Kier alpha value is -1.56. The van der Waals surface area contributed by atoms with Crippen LogP contribution in [0.5, 0.6) is 0 Å². The van der Waals surface area contributed by atoms with E-state index in [4.69, 9.17) is 0 Å². The smallest absolute Gasteiger partial charge is 0.315 e. The Morgan fingerprint density at radius 2 is 2.17 bits per heavy atom. The maximum absolute atomic E-state index is 12.0. The van der Waals surface area contributed by atoms with Crippen molar-refractivity contribution < 1.29 is 9.90 Å². The van der Waals surface area contributed by atoms with Gasteiger partial charge in [-0.2, -0.15) is 5.10 Å². The lowest BCUT2D eigenvalue weighted by Crippen LogP contribution is -2.44. The minimum Gasteiger partial charge on any atom is -0.393 e. The summed E-state index contributed by atoms with van der Waals surface area (Å²) in [5, 5.41) is 20.0. The first-order chi connectivity index (χ1) is 10.9. The Morgan fingerprint density at radius 1 is 1.43 bits per heavy atom. The number of carbonyl (C=O) groups is 1. The third-order valence-electron chi connectivity index (χ3n) is 4.85. The minimum atomic E-state index is -0.200. The third-order valence-corrected chi connectivity index (χ3v) is 4.85. The monoisotopic (exact) mass is 322 g/mol. The van der Waals surface area contributed by atoms with Crippen molar-refractivity contribution in [3.8, 4) is 0 Å². The molecule has 0 aromatic carbocycles. The second-order valence-corrected chi connectivity index (χ2v) is 6.92. The second kappa shape index (κ2) is 7.81. The Kier molecular flexibility index (Phi) is 6.04. The standard InChI is InChI=1S/C17H30N4O2/c1-11(8-16-12(2)20-21(4)13(16)3)19-17(23)18-10-14-6-5-7-15(22)9-14/h11,14-15,22H,5-10H2,1-4H3,(H2,18,19,23). The van der Waals surface area contributed by atoms with E-state index < -0.39 is 0 Å². The summed E-state index contributed by atoms with van der Waals surface area (Å²) in [4.78, 5) is 12.0. The van der Waals surface area contributed by atoms with Crippen LogP contribution in [0.15, 0.2) is 0 Å². The zero-order valence-corrected chi connectivity index (χ0v) is 14.7. The van der Waals surface area contributed by atoms with Gasteiger partial charge in [-0.05, 0) is 57.9 Å². The largest absolute Gasteiger partial charge is 0.393 e. The lowest BCUT2D eigenvalue weighted by Gasteiger charge is -2.26. The number of hydrogen-bond acceptors (Lipinski definition) is 3. The molecule has 23 heavy (non-hydrogen) atoms. The molecule has 0 spiro atoms. The van der Waals surface area contributed by atoms with Gasteiger partial charge in [0.25, 0.3) is 0 Å². The number of aliphatic hydroxyl groups is 1. The third kappa shape index (κ3) is 4.96. The number of rotatable bonds is 5. The maximum Gasteiger partial charge on any atom is 0.315 e. The number of aryl methyl sites for hydroxylation is 2. The highest BCUT2D eigenvalue weighted by molar-refractivity contribution is 5.74. The molecular formula is C17H30N4O2. The SMILES string of the molecule is Cc1nn(C)c(C)c1CC(C)NC(=O)NCC1CCCC(O)C1. The van der Waals surface area contributed by atoms with Gasteiger partial charge in [0.15, 0.2) is 0 Å². The van der Waals surface area contributed by atoms with Crippen molar-refractivity contribution >= 4 is 6.03 Å². The molecule has 0 radical (unpaired) electrons. The summed E-state index contributed by atoms with van der Waals surface area (Å²) in [6, 6.07) is -0.0784. The molecular weight excluding hydrogens is 292 g/mol. The average Bonchev–Trinajstić information content (AvgIpc) is 2.72. The molecule has 2 rings (SSSR count). The molecule has 1 fully saturated rings. The fourth-order valence-corrected chi connectivity index (χ4v) is 3.43. The molecule has 2 amide bonds. The summed E-state index contributed by atoms with van der Waals surface area (Å²) in [7, 11) is 1.94. The van der Waals surface area contributed by atoms with Crippen molar-refractivity contribution in [3.05, 3.63) is 17.0 Å². The molecule has 1 heterocycles. The van der Waals surface area contributed by atoms with Crippen LogP contribution in [-0.2, 0) is 13.5 Å². The molecule has 6 heteroatoms. The van der Waals surface area contributed by atoms with Crippen molar-refractivity contribution in [1.29, 1.82) is 0 Å². The first-order valence-electron chi connectivity index (χ1n) is 8.58. The highest BCUT2D eigenvalue weighted by atomic mass is 16.3. The molecule has 1 saturated carbocycles. The molecule has 1 aliphatic rings. The molecule has 0 bridgehead atoms. The number of aromatic nitrogens is 2. The van der Waals surface area contributed by atoms with E-state index in [-0.39, 0.29) is 18.2 Å². The van der Waals surface area contributed by atoms with E-state index in [9.17, 15) is 9.90 Å². The quantitative estimate of drug-likeness (QED) is 0.773. The summed E-state index contributed by atoms with van der Waals surface area (Å²) < 4.78 is 1.88. The molecule has 6 nitrogen and oxygen atoms in total.